The molecule has 2 aliphatic heterocycles. The summed E-state index contributed by atoms with van der Waals surface area (Å²) in [6, 6.07) is 5.07. The fourth-order valence-electron chi connectivity index (χ4n) is 3.62. The third-order valence-electron chi connectivity index (χ3n) is 4.99. The third kappa shape index (κ3) is 4.27. The topological polar surface area (TPSA) is 35.6 Å². The zero-order valence-electron chi connectivity index (χ0n) is 14.1. The molecule has 0 aliphatic carbocycles. The summed E-state index contributed by atoms with van der Waals surface area (Å²) in [7, 11) is 1.93. The molecule has 140 valence electrons. The molecule has 1 amide bonds. The fourth-order valence-corrected chi connectivity index (χ4v) is 3.62. The number of anilines is 1. The molecule has 2 atom stereocenters. The molecule has 0 aromatic heterocycles. The van der Waals surface area contributed by atoms with E-state index < -0.39 is 11.7 Å². The van der Waals surface area contributed by atoms with Gasteiger partial charge in [-0.1, -0.05) is 0 Å². The van der Waals surface area contributed by atoms with Gasteiger partial charge in [0.15, 0.2) is 0 Å². The highest BCUT2D eigenvalue weighted by atomic mass is 35.5. The van der Waals surface area contributed by atoms with Crippen LogP contribution in [0.25, 0.3) is 0 Å². The normalized spacial score (nSPS) is 25.1. The van der Waals surface area contributed by atoms with Gasteiger partial charge in [-0.2, -0.15) is 13.2 Å². The van der Waals surface area contributed by atoms with E-state index in [0.29, 0.717) is 18.3 Å². The van der Waals surface area contributed by atoms with E-state index >= 15 is 0 Å². The van der Waals surface area contributed by atoms with Gasteiger partial charge < -0.3 is 10.2 Å². The predicted octanol–water partition coefficient (Wildman–Crippen LogP) is 2.92. The van der Waals surface area contributed by atoms with E-state index in [1.54, 1.807) is 4.90 Å². The molecular formula is C17H23ClF3N3O. The zero-order valence-corrected chi connectivity index (χ0v) is 14.9. The van der Waals surface area contributed by atoms with E-state index in [0.717, 1.165) is 44.5 Å². The Bertz CT molecular complexity index is 594. The van der Waals surface area contributed by atoms with Gasteiger partial charge in [0.05, 0.1) is 11.6 Å². The standard InChI is InChI=1S/C17H22F3N3O.ClH/c1-21-13-3-2-9-22(11-13)15-8-10-23(16(15)24)14-6-4-12(5-7-14)17(18,19)20;/h4-7,13,15,21H,2-3,8-11H2,1H3;1H. The number of hydrogen-bond donors (Lipinski definition) is 1. The Balaban J connectivity index is 0.00000225. The quantitative estimate of drug-likeness (QED) is 0.879. The molecule has 0 saturated carbocycles. The number of piperidine rings is 1. The average Bonchev–Trinajstić information content (AvgIpc) is 2.96. The number of carbonyl (C=O) groups excluding carboxylic acids is 1. The number of hydrogen-bond acceptors (Lipinski definition) is 3. The summed E-state index contributed by atoms with van der Waals surface area (Å²) >= 11 is 0. The molecule has 0 radical (unpaired) electrons. The van der Waals surface area contributed by atoms with Crippen LogP contribution < -0.4 is 10.2 Å². The van der Waals surface area contributed by atoms with Crippen LogP contribution in [0.3, 0.4) is 0 Å². The van der Waals surface area contributed by atoms with E-state index in [-0.39, 0.29) is 24.4 Å². The molecular weight excluding hydrogens is 355 g/mol. The van der Waals surface area contributed by atoms with Crippen LogP contribution in [-0.4, -0.2) is 49.6 Å². The van der Waals surface area contributed by atoms with Gasteiger partial charge in [0.2, 0.25) is 5.91 Å². The Morgan fingerprint density at radius 3 is 2.40 bits per heavy atom. The summed E-state index contributed by atoms with van der Waals surface area (Å²) in [5.41, 5.74) is -0.153. The Morgan fingerprint density at radius 2 is 1.80 bits per heavy atom. The molecule has 4 nitrogen and oxygen atoms in total. The minimum Gasteiger partial charge on any atom is -0.316 e. The van der Waals surface area contributed by atoms with Gasteiger partial charge in [-0.3, -0.25) is 9.69 Å². The van der Waals surface area contributed by atoms with Crippen molar-refractivity contribution in [1.29, 1.82) is 0 Å². The van der Waals surface area contributed by atoms with Crippen LogP contribution in [0, 0.1) is 0 Å². The molecule has 2 aliphatic rings. The molecule has 1 aromatic rings. The molecule has 2 heterocycles. The van der Waals surface area contributed by atoms with Crippen molar-refractivity contribution in [1.82, 2.24) is 10.2 Å². The number of halogens is 4. The van der Waals surface area contributed by atoms with Crippen LogP contribution in [0.2, 0.25) is 0 Å². The lowest BCUT2D eigenvalue weighted by Crippen LogP contribution is -2.51. The number of nitrogens with zero attached hydrogens (tertiary/aromatic N) is 2. The molecule has 25 heavy (non-hydrogen) atoms. The molecule has 1 N–H and O–H groups in total. The molecule has 2 saturated heterocycles. The SMILES string of the molecule is CNC1CCCN(C2CCN(c3ccc(C(F)(F)F)cc3)C2=O)C1.Cl. The molecule has 0 spiro atoms. The lowest BCUT2D eigenvalue weighted by Gasteiger charge is -2.35. The summed E-state index contributed by atoms with van der Waals surface area (Å²) in [4.78, 5) is 16.5. The van der Waals surface area contributed by atoms with Crippen molar-refractivity contribution in [3.8, 4) is 0 Å². The largest absolute Gasteiger partial charge is 0.416 e. The Kier molecular flexibility index (Phi) is 6.35. The van der Waals surface area contributed by atoms with Gasteiger partial charge in [0.1, 0.15) is 0 Å². The van der Waals surface area contributed by atoms with Crippen LogP contribution in [0.5, 0.6) is 0 Å². The number of benzene rings is 1. The number of rotatable bonds is 3. The van der Waals surface area contributed by atoms with Gasteiger partial charge in [0, 0.05) is 24.8 Å². The first kappa shape index (κ1) is 20.0. The Labute approximate surface area is 151 Å². The van der Waals surface area contributed by atoms with Gasteiger partial charge in [0.25, 0.3) is 0 Å². The first-order chi connectivity index (χ1) is 11.4. The number of nitrogens with one attached hydrogen (secondary N) is 1. The minimum atomic E-state index is -4.36. The van der Waals surface area contributed by atoms with Gasteiger partial charge in [-0.05, 0) is 57.1 Å². The van der Waals surface area contributed by atoms with Crippen molar-refractivity contribution < 1.29 is 18.0 Å². The predicted molar refractivity (Wildman–Crippen MR) is 93.1 cm³/mol. The second kappa shape index (κ2) is 7.93. The average molecular weight is 378 g/mol. The van der Waals surface area contributed by atoms with Crippen LogP contribution >= 0.6 is 12.4 Å². The Morgan fingerprint density at radius 1 is 1.12 bits per heavy atom. The lowest BCUT2D eigenvalue weighted by atomic mass is 10.0. The summed E-state index contributed by atoms with van der Waals surface area (Å²) < 4.78 is 38.0. The first-order valence-electron chi connectivity index (χ1n) is 8.30. The van der Waals surface area contributed by atoms with Crippen molar-refractivity contribution in [2.45, 2.75) is 37.5 Å². The van der Waals surface area contributed by atoms with Crippen LogP contribution in [0.1, 0.15) is 24.8 Å². The van der Waals surface area contributed by atoms with Crippen molar-refractivity contribution in [3.63, 3.8) is 0 Å². The highest BCUT2D eigenvalue weighted by Crippen LogP contribution is 2.32. The van der Waals surface area contributed by atoms with Crippen molar-refractivity contribution in [2.24, 2.45) is 0 Å². The summed E-state index contributed by atoms with van der Waals surface area (Å²) in [5, 5.41) is 3.26. The number of likely N-dealkylation sites (N-methyl/N-ethyl adjacent to an activating group) is 1. The summed E-state index contributed by atoms with van der Waals surface area (Å²) in [6.07, 6.45) is -1.48. The Hall–Kier alpha value is -1.31. The van der Waals surface area contributed by atoms with E-state index in [1.165, 1.54) is 12.1 Å². The van der Waals surface area contributed by atoms with Crippen molar-refractivity contribution in [3.05, 3.63) is 29.8 Å². The first-order valence-corrected chi connectivity index (χ1v) is 8.30. The maximum Gasteiger partial charge on any atom is 0.416 e. The van der Waals surface area contributed by atoms with Crippen LogP contribution in [0.4, 0.5) is 18.9 Å². The monoisotopic (exact) mass is 377 g/mol. The second-order valence-electron chi connectivity index (χ2n) is 6.46. The molecule has 2 fully saturated rings. The van der Waals surface area contributed by atoms with Gasteiger partial charge in [-0.15, -0.1) is 12.4 Å². The molecule has 1 aromatic carbocycles. The minimum absolute atomic E-state index is 0. The summed E-state index contributed by atoms with van der Waals surface area (Å²) in [6.45, 7) is 2.29. The van der Waals surface area contributed by atoms with E-state index in [4.69, 9.17) is 0 Å². The molecule has 0 bridgehead atoms. The van der Waals surface area contributed by atoms with Crippen molar-refractivity contribution >= 4 is 24.0 Å². The number of amides is 1. The van der Waals surface area contributed by atoms with E-state index in [9.17, 15) is 18.0 Å². The van der Waals surface area contributed by atoms with E-state index in [1.807, 2.05) is 7.05 Å². The van der Waals surface area contributed by atoms with Gasteiger partial charge in [-0.25, -0.2) is 0 Å². The fraction of sp³-hybridized carbons (Fsp3) is 0.588. The second-order valence-corrected chi connectivity index (χ2v) is 6.46. The number of likely N-dealkylation sites (tertiary alicyclic amines) is 1. The molecule has 8 heteroatoms. The lowest BCUT2D eigenvalue weighted by molar-refractivity contribution is -0.137. The third-order valence-corrected chi connectivity index (χ3v) is 4.99. The smallest absolute Gasteiger partial charge is 0.316 e. The van der Waals surface area contributed by atoms with Gasteiger partial charge >= 0.3 is 6.18 Å². The summed E-state index contributed by atoms with van der Waals surface area (Å²) in [5.74, 6) is -0.00786. The van der Waals surface area contributed by atoms with Crippen LogP contribution in [-0.2, 0) is 11.0 Å². The zero-order chi connectivity index (χ0) is 17.3. The molecule has 2 unspecified atom stereocenters. The number of carbonyl (C=O) groups is 1. The van der Waals surface area contributed by atoms with E-state index in [2.05, 4.69) is 10.2 Å². The van der Waals surface area contributed by atoms with Crippen molar-refractivity contribution in [2.75, 3.05) is 31.6 Å². The highest BCUT2D eigenvalue weighted by molar-refractivity contribution is 5.99. The highest BCUT2D eigenvalue weighted by Gasteiger charge is 2.38. The molecule has 3 rings (SSSR count). The maximum atomic E-state index is 12.7. The number of alkyl halides is 3. The van der Waals surface area contributed by atoms with Crippen LogP contribution in [0.15, 0.2) is 24.3 Å². The maximum absolute atomic E-state index is 12.7.